The van der Waals surface area contributed by atoms with Gasteiger partial charge < -0.3 is 34.3 Å². The van der Waals surface area contributed by atoms with Gasteiger partial charge in [-0.15, -0.1) is 0 Å². The fourth-order valence-electron chi connectivity index (χ4n) is 9.86. The van der Waals surface area contributed by atoms with Crippen LogP contribution in [0.4, 0.5) is 0 Å². The summed E-state index contributed by atoms with van der Waals surface area (Å²) in [6.45, 7) is 5.99. The maximum absolute atomic E-state index is 14.1. The number of fused-ring (bicyclic) bond motifs is 5. The number of carbonyl (C=O) groups is 2. The molecular formula is C30H44O9. The van der Waals surface area contributed by atoms with Crippen molar-refractivity contribution >= 4 is 11.8 Å². The first-order valence-electron chi connectivity index (χ1n) is 14.8. The molecule has 9 heteroatoms. The van der Waals surface area contributed by atoms with E-state index < -0.39 is 35.5 Å². The van der Waals surface area contributed by atoms with Crippen molar-refractivity contribution in [3.8, 4) is 0 Å². The normalized spacial score (nSPS) is 53.5. The van der Waals surface area contributed by atoms with E-state index in [1.54, 1.807) is 7.11 Å². The zero-order valence-corrected chi connectivity index (χ0v) is 23.5. The first-order valence-corrected chi connectivity index (χ1v) is 14.8. The van der Waals surface area contributed by atoms with Crippen LogP contribution in [-0.4, -0.2) is 83.2 Å². The van der Waals surface area contributed by atoms with Gasteiger partial charge in [0.25, 0.3) is 0 Å². The number of esters is 1. The molecule has 39 heavy (non-hydrogen) atoms. The third-order valence-corrected chi connectivity index (χ3v) is 12.1. The minimum atomic E-state index is -1.23. The topological polar surface area (TPSA) is 132 Å². The molecule has 0 aromatic rings. The Kier molecular flexibility index (Phi) is 6.84. The number of rotatable bonds is 4. The second kappa shape index (κ2) is 9.60. The second-order valence-corrected chi connectivity index (χ2v) is 13.6. The maximum Gasteiger partial charge on any atom is 0.331 e. The van der Waals surface area contributed by atoms with Crippen molar-refractivity contribution in [1.82, 2.24) is 0 Å². The Hall–Kier alpha value is -1.36. The number of ketones is 1. The van der Waals surface area contributed by atoms with E-state index in [-0.39, 0.29) is 59.8 Å². The Labute approximate surface area is 230 Å². The molecule has 218 valence electrons. The fraction of sp³-hybridized carbons (Fsp3) is 0.867. The molecule has 0 unspecified atom stereocenters. The van der Waals surface area contributed by atoms with Gasteiger partial charge in [-0.1, -0.05) is 6.92 Å². The van der Waals surface area contributed by atoms with Crippen LogP contribution in [0.25, 0.3) is 0 Å². The summed E-state index contributed by atoms with van der Waals surface area (Å²) in [7, 11) is 1.59. The highest BCUT2D eigenvalue weighted by Gasteiger charge is 2.73. The van der Waals surface area contributed by atoms with Crippen LogP contribution in [0.15, 0.2) is 11.6 Å². The highest BCUT2D eigenvalue weighted by Crippen LogP contribution is 2.69. The first kappa shape index (κ1) is 27.8. The summed E-state index contributed by atoms with van der Waals surface area (Å²) < 4.78 is 23.0. The third kappa shape index (κ3) is 3.94. The largest absolute Gasteiger partial charge is 0.458 e. The average Bonchev–Trinajstić information content (AvgIpc) is 3.45. The predicted molar refractivity (Wildman–Crippen MR) is 138 cm³/mol. The first-order chi connectivity index (χ1) is 18.4. The zero-order chi connectivity index (χ0) is 27.9. The molecule has 2 heterocycles. The van der Waals surface area contributed by atoms with Crippen LogP contribution < -0.4 is 0 Å². The van der Waals surface area contributed by atoms with Crippen molar-refractivity contribution in [2.75, 3.05) is 13.7 Å². The van der Waals surface area contributed by atoms with Crippen molar-refractivity contribution in [1.29, 1.82) is 0 Å². The number of ether oxygens (including phenoxy) is 4. The molecule has 0 amide bonds. The van der Waals surface area contributed by atoms with E-state index in [4.69, 9.17) is 18.9 Å². The van der Waals surface area contributed by atoms with Crippen molar-refractivity contribution in [2.45, 2.75) is 115 Å². The van der Waals surface area contributed by atoms with Crippen LogP contribution in [-0.2, 0) is 28.5 Å². The van der Waals surface area contributed by atoms with Crippen LogP contribution >= 0.6 is 0 Å². The van der Waals surface area contributed by atoms with Crippen molar-refractivity contribution in [3.63, 3.8) is 0 Å². The number of aliphatic hydroxyl groups excluding tert-OH is 2. The van der Waals surface area contributed by atoms with Crippen LogP contribution in [0.5, 0.6) is 0 Å². The van der Waals surface area contributed by atoms with Crippen molar-refractivity contribution < 1.29 is 43.9 Å². The van der Waals surface area contributed by atoms with Crippen LogP contribution in [0, 0.1) is 34.5 Å². The molecule has 6 rings (SSSR count). The molecule has 0 bridgehead atoms. The lowest BCUT2D eigenvalue weighted by Gasteiger charge is -2.64. The average molecular weight is 549 g/mol. The second-order valence-electron chi connectivity index (χ2n) is 13.6. The highest BCUT2D eigenvalue weighted by molar-refractivity contribution is 5.93. The summed E-state index contributed by atoms with van der Waals surface area (Å²) >= 11 is 0. The Morgan fingerprint density at radius 3 is 2.51 bits per heavy atom. The molecule has 9 nitrogen and oxygen atoms in total. The molecule has 4 aliphatic carbocycles. The van der Waals surface area contributed by atoms with Gasteiger partial charge in [-0.25, -0.2) is 4.79 Å². The molecule has 5 fully saturated rings. The van der Waals surface area contributed by atoms with Crippen LogP contribution in [0.3, 0.4) is 0 Å². The van der Waals surface area contributed by atoms with Gasteiger partial charge >= 0.3 is 5.97 Å². The van der Waals surface area contributed by atoms with Gasteiger partial charge in [0, 0.05) is 25.5 Å². The van der Waals surface area contributed by atoms with Gasteiger partial charge in [0.05, 0.1) is 29.3 Å². The molecule has 0 aromatic carbocycles. The number of cyclic esters (lactones) is 1. The van der Waals surface area contributed by atoms with Gasteiger partial charge in [-0.3, -0.25) is 4.79 Å². The summed E-state index contributed by atoms with van der Waals surface area (Å²) in [5.74, 6) is -1.26. The Bertz CT molecular complexity index is 1040. The molecule has 6 aliphatic rings. The smallest absolute Gasteiger partial charge is 0.331 e. The molecule has 4 saturated carbocycles. The summed E-state index contributed by atoms with van der Waals surface area (Å²) in [4.78, 5) is 25.9. The lowest BCUT2D eigenvalue weighted by molar-refractivity contribution is -0.275. The van der Waals surface area contributed by atoms with Gasteiger partial charge in [-0.2, -0.15) is 0 Å². The molecule has 1 saturated heterocycles. The van der Waals surface area contributed by atoms with E-state index in [0.717, 1.165) is 37.7 Å². The summed E-state index contributed by atoms with van der Waals surface area (Å²) in [6, 6.07) is 0. The number of hydrogen-bond acceptors (Lipinski definition) is 9. The number of methoxy groups -OCH3 is 1. The molecular weight excluding hydrogens is 504 g/mol. The highest BCUT2D eigenvalue weighted by atomic mass is 16.7. The molecule has 3 N–H and O–H groups in total. The summed E-state index contributed by atoms with van der Waals surface area (Å²) in [5.41, 5.74) is -1.91. The Morgan fingerprint density at radius 1 is 1.05 bits per heavy atom. The number of carbonyl (C=O) groups excluding carboxylic acids is 2. The van der Waals surface area contributed by atoms with E-state index in [0.29, 0.717) is 19.3 Å². The van der Waals surface area contributed by atoms with Crippen LogP contribution in [0.1, 0.15) is 72.1 Å². The molecule has 0 aromatic heterocycles. The van der Waals surface area contributed by atoms with E-state index in [9.17, 15) is 24.9 Å². The zero-order valence-electron chi connectivity index (χ0n) is 23.5. The minimum Gasteiger partial charge on any atom is -0.458 e. The number of hydrogen-bond donors (Lipinski definition) is 3. The quantitative estimate of drug-likeness (QED) is 0.358. The lowest BCUT2D eigenvalue weighted by atomic mass is 9.42. The number of Topliss-reactive ketones (excluding diaryl/α,β-unsaturated/α-hetero) is 1. The van der Waals surface area contributed by atoms with Crippen molar-refractivity contribution in [3.05, 3.63) is 11.6 Å². The standard InChI is InChI=1S/C30H44O9/c1-15-25(32)21(36-4)13-23(38-15)39-18-7-9-28(2)17(12-18)5-6-20-24(28)26(33)27(34)29(3)19(8-10-30(20,29)35)16-11-22(31)37-14-16/h11,15,17-21,23-26,32-33,35H,5-10,12-14H2,1-4H3/t15-,17+,18-,19+,20+,21-,23-,24+,25-,26-,28-,29-,30-/m0/s1. The Morgan fingerprint density at radius 2 is 1.82 bits per heavy atom. The van der Waals surface area contributed by atoms with Gasteiger partial charge in [-0.05, 0) is 87.5 Å². The monoisotopic (exact) mass is 548 g/mol. The summed E-state index contributed by atoms with van der Waals surface area (Å²) in [6.07, 6.45) is 4.01. The van der Waals surface area contributed by atoms with Crippen molar-refractivity contribution in [2.24, 2.45) is 34.5 Å². The fourth-order valence-corrected chi connectivity index (χ4v) is 9.86. The number of aliphatic hydroxyl groups is 3. The van der Waals surface area contributed by atoms with E-state index in [1.165, 1.54) is 6.08 Å². The predicted octanol–water partition coefficient (Wildman–Crippen LogP) is 2.29. The maximum atomic E-state index is 14.1. The van der Waals surface area contributed by atoms with Gasteiger partial charge in [0.1, 0.15) is 18.8 Å². The van der Waals surface area contributed by atoms with Crippen LogP contribution in [0.2, 0.25) is 0 Å². The van der Waals surface area contributed by atoms with Gasteiger partial charge in [0.15, 0.2) is 12.1 Å². The molecule has 2 aliphatic heterocycles. The molecule has 0 spiro atoms. The Balaban J connectivity index is 1.21. The SMILES string of the molecule is CO[C@H]1C[C@H](O[C@H]2CC[C@@]3(C)[C@H](CC[C@@H]4[C@@H]3[C@H](O)C(=O)[C@]3(C)[C@@H](C5=CC(=O)OC5)CC[C@]43O)C2)O[C@@H](C)[C@@H]1O. The lowest BCUT2D eigenvalue weighted by Crippen LogP contribution is -2.70. The van der Waals surface area contributed by atoms with E-state index in [1.807, 2.05) is 13.8 Å². The minimum absolute atomic E-state index is 0.0166. The molecule has 0 radical (unpaired) electrons. The summed E-state index contributed by atoms with van der Waals surface area (Å²) in [5, 5.41) is 34.3. The van der Waals surface area contributed by atoms with E-state index in [2.05, 4.69) is 6.92 Å². The van der Waals surface area contributed by atoms with Gasteiger partial charge in [0.2, 0.25) is 0 Å². The third-order valence-electron chi connectivity index (χ3n) is 12.1. The van der Waals surface area contributed by atoms with E-state index >= 15 is 0 Å². The molecule has 13 atom stereocenters.